The number of carbonyl (C=O) groups is 4. The highest BCUT2D eigenvalue weighted by Crippen LogP contribution is 2.36. The predicted octanol–water partition coefficient (Wildman–Crippen LogP) is 3.49. The van der Waals surface area contributed by atoms with E-state index in [0.29, 0.717) is 53.9 Å². The number of carbonyl (C=O) groups excluding carboxylic acids is 4. The summed E-state index contributed by atoms with van der Waals surface area (Å²) in [5.74, 6) is -1.27. The highest BCUT2D eigenvalue weighted by Gasteiger charge is 2.29. The van der Waals surface area contributed by atoms with Crippen LogP contribution in [0.25, 0.3) is 11.1 Å². The van der Waals surface area contributed by atoms with Crippen molar-refractivity contribution in [1.82, 2.24) is 4.90 Å². The van der Waals surface area contributed by atoms with Crippen LogP contribution in [0, 0.1) is 5.92 Å². The fraction of sp³-hybridized carbons (Fsp3) is 0.185. The largest absolute Gasteiger partial charge is 0.369 e. The highest BCUT2D eigenvalue weighted by molar-refractivity contribution is 6.22. The summed E-state index contributed by atoms with van der Waals surface area (Å²) in [6.07, 6.45) is 1.06. The molecule has 0 aromatic heterocycles. The molecular weight excluding hydrogens is 430 g/mol. The van der Waals surface area contributed by atoms with Crippen molar-refractivity contribution in [2.45, 2.75) is 12.8 Å². The molecule has 3 amide bonds. The van der Waals surface area contributed by atoms with Crippen molar-refractivity contribution in [1.29, 1.82) is 0 Å². The van der Waals surface area contributed by atoms with E-state index >= 15 is 0 Å². The van der Waals surface area contributed by atoms with Gasteiger partial charge in [0.2, 0.25) is 5.91 Å². The highest BCUT2D eigenvalue weighted by atomic mass is 16.2. The second-order valence-corrected chi connectivity index (χ2v) is 8.60. The van der Waals surface area contributed by atoms with Gasteiger partial charge in [0, 0.05) is 35.7 Å². The lowest BCUT2D eigenvalue weighted by Crippen LogP contribution is -2.42. The molecular formula is C27H23N3O4. The minimum atomic E-state index is -0.403. The van der Waals surface area contributed by atoms with Gasteiger partial charge in [0.15, 0.2) is 5.78 Å². The summed E-state index contributed by atoms with van der Waals surface area (Å²) < 4.78 is 0. The number of benzene rings is 3. The maximum atomic E-state index is 13.2. The summed E-state index contributed by atoms with van der Waals surface area (Å²) in [5, 5.41) is 2.83. The monoisotopic (exact) mass is 453 g/mol. The van der Waals surface area contributed by atoms with Gasteiger partial charge in [-0.25, -0.2) is 0 Å². The van der Waals surface area contributed by atoms with E-state index in [1.807, 2.05) is 18.2 Å². The first-order valence-electron chi connectivity index (χ1n) is 11.2. The summed E-state index contributed by atoms with van der Waals surface area (Å²) in [7, 11) is 0. The molecule has 1 aliphatic heterocycles. The third kappa shape index (κ3) is 3.75. The molecule has 170 valence electrons. The number of nitrogens with two attached hydrogens (primary N) is 1. The Bertz CT molecular complexity index is 1340. The SMILES string of the molecule is NC(=O)C1CCN(C(=O)c2ccccc2NC(=O)c2ccc3c(c2)C(=O)c2ccccc2-3)CC1. The number of nitrogens with zero attached hydrogens (tertiary/aromatic N) is 1. The second kappa shape index (κ2) is 8.59. The molecule has 1 heterocycles. The fourth-order valence-electron chi connectivity index (χ4n) is 4.68. The summed E-state index contributed by atoms with van der Waals surface area (Å²) >= 11 is 0. The van der Waals surface area contributed by atoms with Crippen molar-refractivity contribution in [2.24, 2.45) is 11.7 Å². The van der Waals surface area contributed by atoms with E-state index in [9.17, 15) is 19.2 Å². The van der Waals surface area contributed by atoms with Gasteiger partial charge in [-0.1, -0.05) is 42.5 Å². The van der Waals surface area contributed by atoms with Crippen LogP contribution < -0.4 is 11.1 Å². The molecule has 3 aromatic carbocycles. The molecule has 34 heavy (non-hydrogen) atoms. The van der Waals surface area contributed by atoms with Crippen LogP contribution >= 0.6 is 0 Å². The van der Waals surface area contributed by atoms with Crippen LogP contribution in [0.3, 0.4) is 0 Å². The Balaban J connectivity index is 1.35. The van der Waals surface area contributed by atoms with E-state index in [1.54, 1.807) is 53.4 Å². The molecule has 0 radical (unpaired) electrons. The van der Waals surface area contributed by atoms with Crippen molar-refractivity contribution >= 4 is 29.2 Å². The minimum Gasteiger partial charge on any atom is -0.369 e. The van der Waals surface area contributed by atoms with Crippen LogP contribution in [-0.2, 0) is 4.79 Å². The van der Waals surface area contributed by atoms with E-state index in [2.05, 4.69) is 5.32 Å². The van der Waals surface area contributed by atoms with Crippen LogP contribution in [0.5, 0.6) is 0 Å². The average Bonchev–Trinajstić information content (AvgIpc) is 3.15. The molecule has 5 rings (SSSR count). The molecule has 1 fully saturated rings. The molecule has 7 nitrogen and oxygen atoms in total. The first kappa shape index (κ1) is 21.6. The third-order valence-electron chi connectivity index (χ3n) is 6.58. The Morgan fingerprint density at radius 3 is 2.21 bits per heavy atom. The van der Waals surface area contributed by atoms with Gasteiger partial charge in [-0.05, 0) is 48.2 Å². The maximum absolute atomic E-state index is 13.2. The Labute approximate surface area is 196 Å². The van der Waals surface area contributed by atoms with Gasteiger partial charge >= 0.3 is 0 Å². The topological polar surface area (TPSA) is 110 Å². The number of fused-ring (bicyclic) bond motifs is 3. The molecule has 2 aliphatic rings. The minimum absolute atomic E-state index is 0.102. The van der Waals surface area contributed by atoms with Crippen molar-refractivity contribution < 1.29 is 19.2 Å². The number of amides is 3. The molecule has 1 saturated heterocycles. The van der Waals surface area contributed by atoms with E-state index in [-0.39, 0.29) is 23.5 Å². The van der Waals surface area contributed by atoms with Gasteiger partial charge in [-0.2, -0.15) is 0 Å². The van der Waals surface area contributed by atoms with E-state index < -0.39 is 5.91 Å². The van der Waals surface area contributed by atoms with Gasteiger partial charge in [0.05, 0.1) is 11.3 Å². The maximum Gasteiger partial charge on any atom is 0.255 e. The summed E-state index contributed by atoms with van der Waals surface area (Å²) in [6, 6.07) is 19.3. The number of nitrogens with one attached hydrogen (secondary N) is 1. The number of primary amides is 1. The zero-order valence-corrected chi connectivity index (χ0v) is 18.4. The van der Waals surface area contributed by atoms with Gasteiger partial charge in [0.25, 0.3) is 11.8 Å². The third-order valence-corrected chi connectivity index (χ3v) is 6.58. The van der Waals surface area contributed by atoms with Crippen molar-refractivity contribution in [3.05, 3.63) is 89.0 Å². The Kier molecular flexibility index (Phi) is 5.45. The number of para-hydroxylation sites is 1. The van der Waals surface area contributed by atoms with Crippen molar-refractivity contribution in [3.8, 4) is 11.1 Å². The molecule has 0 unspecified atom stereocenters. The van der Waals surface area contributed by atoms with Crippen LogP contribution in [0.4, 0.5) is 5.69 Å². The Hall–Kier alpha value is -4.26. The first-order chi connectivity index (χ1) is 16.4. The molecule has 7 heteroatoms. The average molecular weight is 453 g/mol. The van der Waals surface area contributed by atoms with Crippen LogP contribution in [0.1, 0.15) is 49.5 Å². The number of ketones is 1. The number of hydrogen-bond donors (Lipinski definition) is 2. The molecule has 0 saturated carbocycles. The number of rotatable bonds is 4. The zero-order chi connectivity index (χ0) is 23.8. The van der Waals surface area contributed by atoms with E-state index in [0.717, 1.165) is 11.1 Å². The molecule has 0 bridgehead atoms. The van der Waals surface area contributed by atoms with E-state index in [1.165, 1.54) is 0 Å². The lowest BCUT2D eigenvalue weighted by molar-refractivity contribution is -0.123. The molecule has 0 atom stereocenters. The fourth-order valence-corrected chi connectivity index (χ4v) is 4.68. The van der Waals surface area contributed by atoms with Gasteiger partial charge in [-0.3, -0.25) is 19.2 Å². The number of anilines is 1. The smallest absolute Gasteiger partial charge is 0.255 e. The number of piperidine rings is 1. The normalized spacial score (nSPS) is 14.9. The van der Waals surface area contributed by atoms with Crippen LogP contribution in [0.15, 0.2) is 66.7 Å². The van der Waals surface area contributed by atoms with Gasteiger partial charge < -0.3 is 16.0 Å². The Morgan fingerprint density at radius 2 is 1.47 bits per heavy atom. The van der Waals surface area contributed by atoms with Gasteiger partial charge in [0.1, 0.15) is 0 Å². The van der Waals surface area contributed by atoms with Gasteiger partial charge in [-0.15, -0.1) is 0 Å². The van der Waals surface area contributed by atoms with Crippen molar-refractivity contribution in [3.63, 3.8) is 0 Å². The summed E-state index contributed by atoms with van der Waals surface area (Å²) in [6.45, 7) is 0.866. The molecule has 3 N–H and O–H groups in total. The number of hydrogen-bond acceptors (Lipinski definition) is 4. The summed E-state index contributed by atoms with van der Waals surface area (Å²) in [5.41, 5.74) is 9.30. The predicted molar refractivity (Wildman–Crippen MR) is 128 cm³/mol. The molecule has 0 spiro atoms. The lowest BCUT2D eigenvalue weighted by Gasteiger charge is -2.31. The van der Waals surface area contributed by atoms with Crippen molar-refractivity contribution in [2.75, 3.05) is 18.4 Å². The quantitative estimate of drug-likeness (QED) is 0.493. The first-order valence-corrected chi connectivity index (χ1v) is 11.2. The molecule has 3 aromatic rings. The summed E-state index contributed by atoms with van der Waals surface area (Å²) in [4.78, 5) is 52.1. The Morgan fingerprint density at radius 1 is 0.824 bits per heavy atom. The van der Waals surface area contributed by atoms with E-state index in [4.69, 9.17) is 5.73 Å². The zero-order valence-electron chi connectivity index (χ0n) is 18.4. The molecule has 1 aliphatic carbocycles. The van der Waals surface area contributed by atoms with Crippen LogP contribution in [0.2, 0.25) is 0 Å². The van der Waals surface area contributed by atoms with Crippen LogP contribution in [-0.4, -0.2) is 41.5 Å². The lowest BCUT2D eigenvalue weighted by atomic mass is 9.95. The second-order valence-electron chi connectivity index (χ2n) is 8.60. The standard InChI is InChI=1S/C27H23N3O4/c28-25(32)16-11-13-30(14-12-16)27(34)21-7-3-4-8-23(21)29-26(33)17-9-10-19-18-5-1-2-6-20(18)24(31)22(19)15-17/h1-10,15-16H,11-14H2,(H2,28,32)(H,29,33). The number of likely N-dealkylation sites (tertiary alicyclic amines) is 1.